The molecule has 1 aromatic carbocycles. The summed E-state index contributed by atoms with van der Waals surface area (Å²) in [6.45, 7) is 0. The van der Waals surface area contributed by atoms with Gasteiger partial charge in [0, 0.05) is 12.8 Å². The topological polar surface area (TPSA) is 37.4 Å². The van der Waals surface area contributed by atoms with Gasteiger partial charge < -0.3 is 0 Å². The van der Waals surface area contributed by atoms with E-state index in [4.69, 9.17) is 0 Å². The molecule has 0 saturated carbocycles. The van der Waals surface area contributed by atoms with E-state index in [1.54, 1.807) is 0 Å². The Bertz CT molecular complexity index is 449. The van der Waals surface area contributed by atoms with Crippen molar-refractivity contribution in [3.05, 3.63) is 29.8 Å². The number of carbonyl (C=O) groups is 2. The molecule has 1 saturated heterocycles. The summed E-state index contributed by atoms with van der Waals surface area (Å²) < 4.78 is 36.9. The highest BCUT2D eigenvalue weighted by Crippen LogP contribution is 2.31. The Balaban J connectivity index is 2.30. The van der Waals surface area contributed by atoms with Gasteiger partial charge in [-0.3, -0.25) is 14.5 Å². The Morgan fingerprint density at radius 3 is 1.82 bits per heavy atom. The van der Waals surface area contributed by atoms with Crippen LogP contribution in [0.1, 0.15) is 18.4 Å². The maximum atomic E-state index is 12.3. The van der Waals surface area contributed by atoms with Gasteiger partial charge in [0.05, 0.1) is 11.3 Å². The molecule has 0 bridgehead atoms. The molecule has 1 heterocycles. The fourth-order valence-electron chi connectivity index (χ4n) is 1.66. The third kappa shape index (κ3) is 2.15. The maximum absolute atomic E-state index is 12.3. The van der Waals surface area contributed by atoms with Crippen molar-refractivity contribution in [3.63, 3.8) is 0 Å². The number of alkyl halides is 3. The number of carbonyl (C=O) groups excluding carboxylic acids is 2. The van der Waals surface area contributed by atoms with Crippen molar-refractivity contribution >= 4 is 17.5 Å². The highest BCUT2D eigenvalue weighted by Gasteiger charge is 2.33. The first-order chi connectivity index (χ1) is 7.89. The predicted molar refractivity (Wildman–Crippen MR) is 53.2 cm³/mol. The van der Waals surface area contributed by atoms with Gasteiger partial charge in [-0.1, -0.05) is 0 Å². The summed E-state index contributed by atoms with van der Waals surface area (Å²) in [5.41, 5.74) is -0.620. The number of imide groups is 1. The molecular formula is C11H8F3NO2. The van der Waals surface area contributed by atoms with Gasteiger partial charge in [0.2, 0.25) is 11.8 Å². The van der Waals surface area contributed by atoms with E-state index in [-0.39, 0.29) is 30.3 Å². The van der Waals surface area contributed by atoms with Crippen molar-refractivity contribution < 1.29 is 22.8 Å². The normalized spacial score (nSPS) is 16.8. The van der Waals surface area contributed by atoms with E-state index in [1.807, 2.05) is 0 Å². The summed E-state index contributed by atoms with van der Waals surface area (Å²) >= 11 is 0. The number of anilines is 1. The van der Waals surface area contributed by atoms with Gasteiger partial charge in [0.25, 0.3) is 0 Å². The Hall–Kier alpha value is -1.85. The second kappa shape index (κ2) is 3.87. The van der Waals surface area contributed by atoms with E-state index < -0.39 is 11.7 Å². The van der Waals surface area contributed by atoms with Gasteiger partial charge in [0.1, 0.15) is 0 Å². The molecular weight excluding hydrogens is 235 g/mol. The minimum atomic E-state index is -4.42. The molecule has 2 amide bonds. The number of benzene rings is 1. The highest BCUT2D eigenvalue weighted by atomic mass is 19.4. The zero-order valence-corrected chi connectivity index (χ0v) is 8.62. The molecule has 0 atom stereocenters. The lowest BCUT2D eigenvalue weighted by Crippen LogP contribution is -2.28. The van der Waals surface area contributed by atoms with Crippen molar-refractivity contribution in [2.75, 3.05) is 4.90 Å². The summed E-state index contributed by atoms with van der Waals surface area (Å²) in [5.74, 6) is -0.760. The van der Waals surface area contributed by atoms with Gasteiger partial charge >= 0.3 is 6.18 Å². The van der Waals surface area contributed by atoms with E-state index in [1.165, 1.54) is 0 Å². The lowest BCUT2D eigenvalue weighted by Gasteiger charge is -2.14. The van der Waals surface area contributed by atoms with E-state index in [2.05, 4.69) is 0 Å². The summed E-state index contributed by atoms with van der Waals surface area (Å²) in [7, 11) is 0. The number of nitrogens with zero attached hydrogens (tertiary/aromatic N) is 1. The molecule has 0 unspecified atom stereocenters. The molecule has 1 aromatic rings. The lowest BCUT2D eigenvalue weighted by molar-refractivity contribution is -0.137. The smallest absolute Gasteiger partial charge is 0.274 e. The summed E-state index contributed by atoms with van der Waals surface area (Å²) in [5, 5.41) is 0. The number of hydrogen-bond donors (Lipinski definition) is 0. The summed E-state index contributed by atoms with van der Waals surface area (Å²) in [4.78, 5) is 23.6. The molecule has 1 aliphatic rings. The van der Waals surface area contributed by atoms with Crippen LogP contribution in [0.2, 0.25) is 0 Å². The minimum Gasteiger partial charge on any atom is -0.274 e. The fraction of sp³-hybridized carbons (Fsp3) is 0.273. The molecule has 90 valence electrons. The van der Waals surface area contributed by atoms with Crippen LogP contribution in [-0.2, 0) is 15.8 Å². The lowest BCUT2D eigenvalue weighted by atomic mass is 10.2. The molecule has 0 radical (unpaired) electrons. The first-order valence-corrected chi connectivity index (χ1v) is 4.92. The van der Waals surface area contributed by atoms with Crippen molar-refractivity contribution in [1.29, 1.82) is 0 Å². The third-order valence-corrected chi connectivity index (χ3v) is 2.50. The Labute approximate surface area is 94.8 Å². The molecule has 6 heteroatoms. The van der Waals surface area contributed by atoms with Gasteiger partial charge in [-0.05, 0) is 24.3 Å². The van der Waals surface area contributed by atoms with Crippen LogP contribution in [0.3, 0.4) is 0 Å². The first kappa shape index (κ1) is 11.6. The molecule has 1 fully saturated rings. The van der Waals surface area contributed by atoms with E-state index >= 15 is 0 Å². The largest absolute Gasteiger partial charge is 0.416 e. The fourth-order valence-corrected chi connectivity index (χ4v) is 1.66. The van der Waals surface area contributed by atoms with Crippen molar-refractivity contribution in [1.82, 2.24) is 0 Å². The molecule has 2 rings (SSSR count). The van der Waals surface area contributed by atoms with Crippen LogP contribution < -0.4 is 4.90 Å². The Morgan fingerprint density at radius 2 is 1.41 bits per heavy atom. The Morgan fingerprint density at radius 1 is 0.941 bits per heavy atom. The number of hydrogen-bond acceptors (Lipinski definition) is 2. The third-order valence-electron chi connectivity index (χ3n) is 2.50. The zero-order chi connectivity index (χ0) is 12.6. The van der Waals surface area contributed by atoms with Gasteiger partial charge in [-0.15, -0.1) is 0 Å². The van der Waals surface area contributed by atoms with Crippen LogP contribution in [-0.4, -0.2) is 11.8 Å². The predicted octanol–water partition coefficient (Wildman–Crippen LogP) is 2.36. The SMILES string of the molecule is O=C1CCC(=O)N1c1ccc(C(F)(F)F)cc1. The van der Waals surface area contributed by atoms with E-state index in [0.717, 1.165) is 29.2 Å². The molecule has 17 heavy (non-hydrogen) atoms. The quantitative estimate of drug-likeness (QED) is 0.710. The monoisotopic (exact) mass is 243 g/mol. The van der Waals surface area contributed by atoms with Gasteiger partial charge in [0.15, 0.2) is 0 Å². The number of rotatable bonds is 1. The Kier molecular flexibility index (Phi) is 2.65. The van der Waals surface area contributed by atoms with Crippen LogP contribution in [0.25, 0.3) is 0 Å². The zero-order valence-electron chi connectivity index (χ0n) is 8.62. The summed E-state index contributed by atoms with van der Waals surface area (Å²) in [6.07, 6.45) is -4.20. The summed E-state index contributed by atoms with van der Waals surface area (Å²) in [6, 6.07) is 3.97. The number of halogens is 3. The molecule has 3 nitrogen and oxygen atoms in total. The number of amides is 2. The first-order valence-electron chi connectivity index (χ1n) is 4.92. The van der Waals surface area contributed by atoms with Crippen molar-refractivity contribution in [2.24, 2.45) is 0 Å². The van der Waals surface area contributed by atoms with Crippen LogP contribution in [0.15, 0.2) is 24.3 Å². The average molecular weight is 243 g/mol. The molecule has 0 spiro atoms. The van der Waals surface area contributed by atoms with Gasteiger partial charge in [-0.25, -0.2) is 0 Å². The highest BCUT2D eigenvalue weighted by molar-refractivity contribution is 6.19. The van der Waals surface area contributed by atoms with E-state index in [9.17, 15) is 22.8 Å². The maximum Gasteiger partial charge on any atom is 0.416 e. The van der Waals surface area contributed by atoms with Crippen LogP contribution >= 0.6 is 0 Å². The minimum absolute atomic E-state index is 0.111. The second-order valence-corrected chi connectivity index (χ2v) is 3.67. The molecule has 0 aromatic heterocycles. The van der Waals surface area contributed by atoms with Crippen LogP contribution in [0, 0.1) is 0 Å². The van der Waals surface area contributed by atoms with Crippen molar-refractivity contribution in [3.8, 4) is 0 Å². The van der Waals surface area contributed by atoms with Crippen molar-refractivity contribution in [2.45, 2.75) is 19.0 Å². The standard InChI is InChI=1S/C11H8F3NO2/c12-11(13,14)7-1-3-8(4-2-7)15-9(16)5-6-10(15)17/h1-4H,5-6H2. The van der Waals surface area contributed by atoms with Gasteiger partial charge in [-0.2, -0.15) is 13.2 Å². The van der Waals surface area contributed by atoms with Crippen LogP contribution in [0.5, 0.6) is 0 Å². The average Bonchev–Trinajstić information content (AvgIpc) is 2.58. The second-order valence-electron chi connectivity index (χ2n) is 3.67. The molecule has 0 aliphatic carbocycles. The molecule has 1 aliphatic heterocycles. The van der Waals surface area contributed by atoms with Crippen LogP contribution in [0.4, 0.5) is 18.9 Å². The van der Waals surface area contributed by atoms with E-state index in [0.29, 0.717) is 0 Å². The molecule has 0 N–H and O–H groups in total.